The van der Waals surface area contributed by atoms with Crippen molar-refractivity contribution in [3.05, 3.63) is 0 Å². The molecule has 0 saturated heterocycles. The van der Waals surface area contributed by atoms with E-state index in [1.54, 1.807) is 0 Å². The number of aliphatic hydroxyl groups is 7. The number of rotatable bonds is 6. The molecule has 0 aliphatic heterocycles. The van der Waals surface area contributed by atoms with Crippen LogP contribution in [-0.2, 0) is 4.79 Å². The van der Waals surface area contributed by atoms with Crippen molar-refractivity contribution in [3.8, 4) is 0 Å². The molecule has 104 valence electrons. The van der Waals surface area contributed by atoms with E-state index in [0.717, 1.165) is 0 Å². The molecule has 8 nitrogen and oxygen atoms in total. The molecular formula is C9H20O8. The van der Waals surface area contributed by atoms with Gasteiger partial charge < -0.3 is 40.5 Å². The topological polar surface area (TPSA) is 159 Å². The Labute approximate surface area is 98.4 Å². The van der Waals surface area contributed by atoms with Crippen LogP contribution in [0, 0.1) is 0 Å². The average molecular weight is 256 g/mol. The fourth-order valence-electron chi connectivity index (χ4n) is 0.626. The number of hydrogen-bond donors (Lipinski definition) is 7. The lowest BCUT2D eigenvalue weighted by molar-refractivity contribution is -0.132. The van der Waals surface area contributed by atoms with Crippen LogP contribution in [0.5, 0.6) is 0 Å². The number of carbonyl (C=O) groups is 1. The van der Waals surface area contributed by atoms with Crippen LogP contribution >= 0.6 is 0 Å². The first-order chi connectivity index (χ1) is 7.81. The minimum absolute atomic E-state index is 0.0935. The van der Waals surface area contributed by atoms with Crippen LogP contribution in [0.4, 0.5) is 0 Å². The fourth-order valence-corrected chi connectivity index (χ4v) is 0.626. The first-order valence-electron chi connectivity index (χ1n) is 4.89. The second-order valence-corrected chi connectivity index (χ2v) is 3.37. The predicted molar refractivity (Wildman–Crippen MR) is 55.9 cm³/mol. The summed E-state index contributed by atoms with van der Waals surface area (Å²) in [4.78, 5) is 9.87. The van der Waals surface area contributed by atoms with Crippen LogP contribution in [0.2, 0.25) is 0 Å². The van der Waals surface area contributed by atoms with E-state index in [9.17, 15) is 4.79 Å². The zero-order chi connectivity index (χ0) is 14.0. The molecule has 0 aliphatic carbocycles. The highest BCUT2D eigenvalue weighted by Crippen LogP contribution is 2.02. The Morgan fingerprint density at radius 2 is 1.35 bits per heavy atom. The first kappa shape index (κ1) is 18.7. The molecule has 0 aliphatic rings. The summed E-state index contributed by atoms with van der Waals surface area (Å²) in [7, 11) is 0. The van der Waals surface area contributed by atoms with Crippen LogP contribution < -0.4 is 0 Å². The number of carbonyl (C=O) groups excluding carboxylic acids is 1. The molecule has 0 aromatic carbocycles. The monoisotopic (exact) mass is 256 g/mol. The van der Waals surface area contributed by atoms with E-state index >= 15 is 0 Å². The molecule has 4 atom stereocenters. The largest absolute Gasteiger partial charge is 0.394 e. The van der Waals surface area contributed by atoms with Gasteiger partial charge in [-0.1, -0.05) is 0 Å². The molecule has 7 N–H and O–H groups in total. The second kappa shape index (κ2) is 10.5. The van der Waals surface area contributed by atoms with Crippen LogP contribution in [-0.4, -0.2) is 85.8 Å². The van der Waals surface area contributed by atoms with Crippen molar-refractivity contribution in [2.24, 2.45) is 0 Å². The van der Waals surface area contributed by atoms with E-state index in [0.29, 0.717) is 0 Å². The van der Waals surface area contributed by atoms with Gasteiger partial charge in [0, 0.05) is 0 Å². The zero-order valence-corrected chi connectivity index (χ0v) is 9.42. The molecule has 0 spiro atoms. The summed E-state index contributed by atoms with van der Waals surface area (Å²) >= 11 is 0. The molecule has 0 bridgehead atoms. The summed E-state index contributed by atoms with van der Waals surface area (Å²) in [5, 5.41) is 59.1. The summed E-state index contributed by atoms with van der Waals surface area (Å²) in [6.07, 6.45) is -6.83. The molecule has 0 heterocycles. The van der Waals surface area contributed by atoms with Gasteiger partial charge in [-0.2, -0.15) is 0 Å². The van der Waals surface area contributed by atoms with E-state index in [1.807, 2.05) is 0 Å². The van der Waals surface area contributed by atoms with Gasteiger partial charge in [-0.25, -0.2) is 0 Å². The molecular weight excluding hydrogens is 236 g/mol. The first-order valence-corrected chi connectivity index (χ1v) is 4.89. The van der Waals surface area contributed by atoms with Crippen molar-refractivity contribution in [1.82, 2.24) is 0 Å². The molecule has 0 radical (unpaired) electrons. The Morgan fingerprint density at radius 3 is 1.53 bits per heavy atom. The normalized spacial score (nSPS) is 17.7. The van der Waals surface area contributed by atoms with Crippen molar-refractivity contribution in [1.29, 1.82) is 0 Å². The van der Waals surface area contributed by atoms with Crippen LogP contribution in [0.1, 0.15) is 6.92 Å². The highest BCUT2D eigenvalue weighted by atomic mass is 16.4. The highest BCUT2D eigenvalue weighted by Gasteiger charge is 2.27. The number of aliphatic hydroxyl groups excluding tert-OH is 7. The van der Waals surface area contributed by atoms with E-state index in [-0.39, 0.29) is 19.5 Å². The Morgan fingerprint density at radius 1 is 0.941 bits per heavy atom. The maximum Gasteiger partial charge on any atom is 0.151 e. The van der Waals surface area contributed by atoms with Gasteiger partial charge in [0.25, 0.3) is 0 Å². The third kappa shape index (κ3) is 9.12. The Kier molecular flexibility index (Phi) is 11.6. The van der Waals surface area contributed by atoms with Gasteiger partial charge in [0.05, 0.1) is 19.3 Å². The van der Waals surface area contributed by atoms with Gasteiger partial charge in [-0.15, -0.1) is 0 Å². The predicted octanol–water partition coefficient (Wildman–Crippen LogP) is -4.02. The Bertz CT molecular complexity index is 182. The van der Waals surface area contributed by atoms with Crippen LogP contribution in [0.15, 0.2) is 0 Å². The summed E-state index contributed by atoms with van der Waals surface area (Å²) < 4.78 is 0. The molecule has 0 rings (SSSR count). The average Bonchev–Trinajstić information content (AvgIpc) is 2.35. The summed E-state index contributed by atoms with van der Waals surface area (Å²) in [5.74, 6) is 0. The Hall–Kier alpha value is -0.610. The molecule has 0 aromatic heterocycles. The molecule has 17 heavy (non-hydrogen) atoms. The molecule has 0 amide bonds. The standard InChI is InChI=1S/C6H12O5.C3H8O3/c1-3(8)5(10)6(11)4(9)2-7;4-1-3(6)2-5/h2-6,8-11H,1H3;3-6H,1-2H2/t3-,4-,5-,6-;/m0./s1. The minimum Gasteiger partial charge on any atom is -0.394 e. The molecule has 0 aromatic rings. The molecule has 8 heteroatoms. The Balaban J connectivity index is 0. The van der Waals surface area contributed by atoms with Crippen molar-refractivity contribution in [2.45, 2.75) is 37.4 Å². The van der Waals surface area contributed by atoms with Crippen molar-refractivity contribution < 1.29 is 40.5 Å². The summed E-state index contributed by atoms with van der Waals surface area (Å²) in [6, 6.07) is 0. The van der Waals surface area contributed by atoms with E-state index < -0.39 is 30.5 Å². The highest BCUT2D eigenvalue weighted by molar-refractivity contribution is 5.56. The lowest BCUT2D eigenvalue weighted by Gasteiger charge is -2.21. The summed E-state index contributed by atoms with van der Waals surface area (Å²) in [5.41, 5.74) is 0. The van der Waals surface area contributed by atoms with Gasteiger partial charge in [0.15, 0.2) is 6.29 Å². The third-order valence-corrected chi connectivity index (χ3v) is 1.75. The lowest BCUT2D eigenvalue weighted by atomic mass is 10.1. The fraction of sp³-hybridized carbons (Fsp3) is 0.889. The van der Waals surface area contributed by atoms with Crippen LogP contribution in [0.25, 0.3) is 0 Å². The molecule has 0 fully saturated rings. The van der Waals surface area contributed by atoms with Gasteiger partial charge in [0.1, 0.15) is 24.4 Å². The van der Waals surface area contributed by atoms with Gasteiger partial charge in [-0.05, 0) is 6.92 Å². The summed E-state index contributed by atoms with van der Waals surface area (Å²) in [6.45, 7) is 0.512. The van der Waals surface area contributed by atoms with Crippen molar-refractivity contribution >= 4 is 6.29 Å². The van der Waals surface area contributed by atoms with E-state index in [4.69, 9.17) is 35.7 Å². The van der Waals surface area contributed by atoms with Gasteiger partial charge in [0.2, 0.25) is 0 Å². The van der Waals surface area contributed by atoms with Gasteiger partial charge >= 0.3 is 0 Å². The SMILES string of the molecule is C[C@H](O)[C@H](O)[C@@H](O)[C@@H](O)C=O.OCC(O)CO. The maximum atomic E-state index is 9.87. The van der Waals surface area contributed by atoms with Crippen molar-refractivity contribution in [2.75, 3.05) is 13.2 Å². The lowest BCUT2D eigenvalue weighted by Crippen LogP contribution is -2.43. The smallest absolute Gasteiger partial charge is 0.151 e. The third-order valence-electron chi connectivity index (χ3n) is 1.75. The van der Waals surface area contributed by atoms with Gasteiger partial charge in [-0.3, -0.25) is 0 Å². The van der Waals surface area contributed by atoms with E-state index in [1.165, 1.54) is 6.92 Å². The second-order valence-electron chi connectivity index (χ2n) is 3.37. The molecule has 0 unspecified atom stereocenters. The number of hydrogen-bond acceptors (Lipinski definition) is 8. The minimum atomic E-state index is -1.65. The van der Waals surface area contributed by atoms with Crippen molar-refractivity contribution in [3.63, 3.8) is 0 Å². The molecule has 0 saturated carbocycles. The zero-order valence-electron chi connectivity index (χ0n) is 9.42. The maximum absolute atomic E-state index is 9.87. The number of aldehydes is 1. The van der Waals surface area contributed by atoms with E-state index in [2.05, 4.69) is 0 Å². The quantitative estimate of drug-likeness (QED) is 0.237. The van der Waals surface area contributed by atoms with Crippen LogP contribution in [0.3, 0.4) is 0 Å².